The topological polar surface area (TPSA) is 52.6 Å². The van der Waals surface area contributed by atoms with Crippen LogP contribution in [0.5, 0.6) is 0 Å². The second-order valence-corrected chi connectivity index (χ2v) is 8.49. The molecular weight excluding hydrogens is 352 g/mol. The van der Waals surface area contributed by atoms with Gasteiger partial charge in [-0.15, -0.1) is 0 Å². The van der Waals surface area contributed by atoms with Crippen LogP contribution in [0.15, 0.2) is 0 Å². The van der Waals surface area contributed by atoms with E-state index in [9.17, 15) is 9.59 Å². The molecule has 0 aromatic rings. The van der Waals surface area contributed by atoms with Crippen LogP contribution in [0.25, 0.3) is 0 Å². The fourth-order valence-electron chi connectivity index (χ4n) is 3.07. The Morgan fingerprint density at radius 2 is 0.821 bits per heavy atom. The summed E-state index contributed by atoms with van der Waals surface area (Å²) < 4.78 is 10.6. The third kappa shape index (κ3) is 14.0. The molecule has 0 unspecified atom stereocenters. The van der Waals surface area contributed by atoms with Crippen LogP contribution in [-0.4, -0.2) is 25.2 Å². The van der Waals surface area contributed by atoms with E-state index in [-0.39, 0.29) is 0 Å². The molecule has 0 rings (SSSR count). The molecule has 0 radical (unpaired) electrons. The van der Waals surface area contributed by atoms with Gasteiger partial charge in [0.25, 0.3) is 0 Å². The van der Waals surface area contributed by atoms with Crippen LogP contribution in [0.4, 0.5) is 0 Å². The number of carbonyl (C=O) groups is 2. The maximum Gasteiger partial charge on any atom is 0.322 e. The number of ether oxygens (including phenoxy) is 2. The highest BCUT2D eigenvalue weighted by atomic mass is 16.6. The number of hydrogen-bond donors (Lipinski definition) is 0. The highest BCUT2D eigenvalue weighted by Crippen LogP contribution is 2.20. The lowest BCUT2D eigenvalue weighted by Crippen LogP contribution is -2.37. The van der Waals surface area contributed by atoms with Gasteiger partial charge in [-0.1, -0.05) is 97.3 Å². The zero-order valence-corrected chi connectivity index (χ0v) is 19.2. The number of carbonyl (C=O) groups excluding carboxylic acids is 2. The molecule has 166 valence electrons. The van der Waals surface area contributed by atoms with E-state index in [1.807, 2.05) is 0 Å². The first-order chi connectivity index (χ1) is 13.5. The molecule has 0 spiro atoms. The van der Waals surface area contributed by atoms with Gasteiger partial charge in [0.2, 0.25) is 0 Å². The van der Waals surface area contributed by atoms with Gasteiger partial charge in [0.1, 0.15) is 0 Å². The molecule has 0 aromatic heterocycles. The zero-order chi connectivity index (χ0) is 21.1. The molecule has 28 heavy (non-hydrogen) atoms. The highest BCUT2D eigenvalue weighted by molar-refractivity contribution is 5.99. The molecule has 0 aromatic carbocycles. The van der Waals surface area contributed by atoms with Crippen molar-refractivity contribution in [3.63, 3.8) is 0 Å². The first-order valence-corrected chi connectivity index (χ1v) is 11.8. The normalized spacial score (nSPS) is 11.4. The summed E-state index contributed by atoms with van der Waals surface area (Å²) in [6.07, 6.45) is 17.9. The fourth-order valence-corrected chi connectivity index (χ4v) is 3.07. The minimum atomic E-state index is -1.22. The summed E-state index contributed by atoms with van der Waals surface area (Å²) >= 11 is 0. The summed E-state index contributed by atoms with van der Waals surface area (Å²) in [5, 5.41) is 0. The number of unbranched alkanes of at least 4 members (excludes halogenated alkanes) is 13. The fraction of sp³-hybridized carbons (Fsp3) is 0.917. The van der Waals surface area contributed by atoms with Gasteiger partial charge in [0, 0.05) is 0 Å². The SMILES string of the molecule is CCCCCCCCCCCCOC(=O)C(C)(C)C(=O)OCCCCCCC. The van der Waals surface area contributed by atoms with E-state index in [0.717, 1.165) is 25.7 Å². The van der Waals surface area contributed by atoms with Crippen molar-refractivity contribution in [2.75, 3.05) is 13.2 Å². The predicted octanol–water partition coefficient (Wildman–Crippen LogP) is 6.99. The van der Waals surface area contributed by atoms with Crippen LogP contribution in [0, 0.1) is 5.41 Å². The molecule has 0 aliphatic heterocycles. The Balaban J connectivity index is 3.70. The van der Waals surface area contributed by atoms with Crippen LogP contribution >= 0.6 is 0 Å². The number of hydrogen-bond acceptors (Lipinski definition) is 4. The molecular formula is C24H46O4. The third-order valence-electron chi connectivity index (χ3n) is 5.23. The van der Waals surface area contributed by atoms with Crippen molar-refractivity contribution in [1.82, 2.24) is 0 Å². The highest BCUT2D eigenvalue weighted by Gasteiger charge is 2.39. The Labute approximate surface area is 174 Å². The molecule has 0 aliphatic rings. The van der Waals surface area contributed by atoms with Crippen LogP contribution < -0.4 is 0 Å². The molecule has 0 saturated carbocycles. The summed E-state index contributed by atoms with van der Waals surface area (Å²) in [6, 6.07) is 0. The zero-order valence-electron chi connectivity index (χ0n) is 19.2. The van der Waals surface area contributed by atoms with Crippen molar-refractivity contribution in [1.29, 1.82) is 0 Å². The molecule has 4 nitrogen and oxygen atoms in total. The van der Waals surface area contributed by atoms with Gasteiger partial charge in [-0.3, -0.25) is 9.59 Å². The van der Waals surface area contributed by atoms with Crippen molar-refractivity contribution in [3.8, 4) is 0 Å². The maximum atomic E-state index is 12.2. The third-order valence-corrected chi connectivity index (χ3v) is 5.23. The van der Waals surface area contributed by atoms with E-state index in [0.29, 0.717) is 13.2 Å². The summed E-state index contributed by atoms with van der Waals surface area (Å²) in [4.78, 5) is 24.4. The number of esters is 2. The first kappa shape index (κ1) is 26.9. The Morgan fingerprint density at radius 1 is 0.536 bits per heavy atom. The Kier molecular flexibility index (Phi) is 17.3. The molecule has 0 N–H and O–H groups in total. The molecule has 0 saturated heterocycles. The van der Waals surface area contributed by atoms with Crippen LogP contribution in [0.3, 0.4) is 0 Å². The van der Waals surface area contributed by atoms with Gasteiger partial charge in [0.15, 0.2) is 5.41 Å². The average molecular weight is 399 g/mol. The molecule has 0 bridgehead atoms. The smallest absolute Gasteiger partial charge is 0.322 e. The summed E-state index contributed by atoms with van der Waals surface area (Å²) in [5.74, 6) is -0.949. The van der Waals surface area contributed by atoms with E-state index in [4.69, 9.17) is 9.47 Å². The second kappa shape index (κ2) is 18.0. The Morgan fingerprint density at radius 3 is 1.14 bits per heavy atom. The van der Waals surface area contributed by atoms with Gasteiger partial charge in [-0.05, 0) is 26.7 Å². The lowest BCUT2D eigenvalue weighted by molar-refractivity contribution is -0.169. The van der Waals surface area contributed by atoms with Crippen LogP contribution in [0.1, 0.15) is 124 Å². The van der Waals surface area contributed by atoms with E-state index in [2.05, 4.69) is 13.8 Å². The van der Waals surface area contributed by atoms with Crippen LogP contribution in [-0.2, 0) is 19.1 Å². The number of rotatable bonds is 19. The molecule has 0 aliphatic carbocycles. The Hall–Kier alpha value is -1.06. The van der Waals surface area contributed by atoms with Gasteiger partial charge >= 0.3 is 11.9 Å². The van der Waals surface area contributed by atoms with Crippen molar-refractivity contribution in [2.45, 2.75) is 124 Å². The summed E-state index contributed by atoms with van der Waals surface area (Å²) in [5.41, 5.74) is -1.22. The van der Waals surface area contributed by atoms with Gasteiger partial charge in [-0.25, -0.2) is 0 Å². The average Bonchev–Trinajstić information content (AvgIpc) is 2.68. The minimum absolute atomic E-state index is 0.387. The first-order valence-electron chi connectivity index (χ1n) is 11.8. The molecule has 0 amide bonds. The van der Waals surface area contributed by atoms with E-state index >= 15 is 0 Å². The van der Waals surface area contributed by atoms with Crippen molar-refractivity contribution in [3.05, 3.63) is 0 Å². The molecule has 0 atom stereocenters. The largest absolute Gasteiger partial charge is 0.465 e. The monoisotopic (exact) mass is 398 g/mol. The van der Waals surface area contributed by atoms with Crippen molar-refractivity contribution in [2.24, 2.45) is 5.41 Å². The second-order valence-electron chi connectivity index (χ2n) is 8.49. The van der Waals surface area contributed by atoms with E-state index < -0.39 is 17.4 Å². The van der Waals surface area contributed by atoms with Crippen molar-refractivity contribution < 1.29 is 19.1 Å². The van der Waals surface area contributed by atoms with E-state index in [1.165, 1.54) is 70.6 Å². The standard InChI is InChI=1S/C24H46O4/c1-5-7-9-11-12-13-14-15-17-19-21-28-23(26)24(3,4)22(25)27-20-18-16-10-8-6-2/h5-21H2,1-4H3. The van der Waals surface area contributed by atoms with Gasteiger partial charge < -0.3 is 9.47 Å². The lowest BCUT2D eigenvalue weighted by Gasteiger charge is -2.20. The maximum absolute atomic E-state index is 12.2. The van der Waals surface area contributed by atoms with Gasteiger partial charge in [0.05, 0.1) is 13.2 Å². The Bertz CT molecular complexity index is 390. The summed E-state index contributed by atoms with van der Waals surface area (Å²) in [6.45, 7) is 8.37. The predicted molar refractivity (Wildman–Crippen MR) is 116 cm³/mol. The quantitative estimate of drug-likeness (QED) is 0.134. The molecule has 4 heteroatoms. The minimum Gasteiger partial charge on any atom is -0.465 e. The van der Waals surface area contributed by atoms with E-state index in [1.54, 1.807) is 13.8 Å². The summed E-state index contributed by atoms with van der Waals surface area (Å²) in [7, 11) is 0. The lowest BCUT2D eigenvalue weighted by atomic mass is 9.94. The van der Waals surface area contributed by atoms with Gasteiger partial charge in [-0.2, -0.15) is 0 Å². The van der Waals surface area contributed by atoms with Crippen LogP contribution in [0.2, 0.25) is 0 Å². The molecule has 0 fully saturated rings. The molecule has 0 heterocycles. The van der Waals surface area contributed by atoms with Crippen molar-refractivity contribution >= 4 is 11.9 Å².